The summed E-state index contributed by atoms with van der Waals surface area (Å²) in [5.74, 6) is -0.977. The van der Waals surface area contributed by atoms with Crippen molar-refractivity contribution >= 4 is 27.8 Å². The zero-order chi connectivity index (χ0) is 16.0. The quantitative estimate of drug-likeness (QED) is 0.786. The lowest BCUT2D eigenvalue weighted by Crippen LogP contribution is -2.33. The third-order valence-corrected chi connectivity index (χ3v) is 3.72. The Morgan fingerprint density at radius 2 is 2.05 bits per heavy atom. The van der Waals surface area contributed by atoms with E-state index in [1.54, 1.807) is 18.2 Å². The van der Waals surface area contributed by atoms with Gasteiger partial charge in [0, 0.05) is 11.0 Å². The molecular weight excluding hydrogens is 338 g/mol. The summed E-state index contributed by atoms with van der Waals surface area (Å²) in [4.78, 5) is 23.3. The zero-order valence-electron chi connectivity index (χ0n) is 12.4. The number of rotatable bonds is 7. The summed E-state index contributed by atoms with van der Waals surface area (Å²) >= 11 is 3.30. The van der Waals surface area contributed by atoms with Crippen molar-refractivity contribution in [2.75, 3.05) is 13.7 Å². The molecule has 0 saturated heterocycles. The fourth-order valence-electron chi connectivity index (χ4n) is 1.96. The zero-order valence-corrected chi connectivity index (χ0v) is 13.9. The molecule has 0 bridgehead atoms. The van der Waals surface area contributed by atoms with Crippen molar-refractivity contribution in [3.05, 3.63) is 28.2 Å². The van der Waals surface area contributed by atoms with Gasteiger partial charge in [0.2, 0.25) is 0 Å². The molecule has 0 radical (unpaired) electrons. The number of carboxylic acid groups (broad SMARTS) is 1. The van der Waals surface area contributed by atoms with Gasteiger partial charge in [0.1, 0.15) is 5.75 Å². The molecule has 1 aromatic carbocycles. The first kappa shape index (κ1) is 17.5. The van der Waals surface area contributed by atoms with Crippen LogP contribution in [0.2, 0.25) is 0 Å². The maximum absolute atomic E-state index is 12.2. The Morgan fingerprint density at radius 3 is 2.57 bits per heavy atom. The van der Waals surface area contributed by atoms with Crippen LogP contribution in [0.1, 0.15) is 30.6 Å². The smallest absolute Gasteiger partial charge is 0.308 e. The first-order chi connectivity index (χ1) is 9.85. The van der Waals surface area contributed by atoms with Crippen molar-refractivity contribution in [2.45, 2.75) is 20.3 Å². The molecule has 0 saturated carbocycles. The highest BCUT2D eigenvalue weighted by Crippen LogP contribution is 2.22. The van der Waals surface area contributed by atoms with Gasteiger partial charge in [-0.2, -0.15) is 0 Å². The highest BCUT2D eigenvalue weighted by atomic mass is 79.9. The number of methoxy groups -OCH3 is 1. The van der Waals surface area contributed by atoms with E-state index < -0.39 is 11.9 Å². The van der Waals surface area contributed by atoms with E-state index in [2.05, 4.69) is 21.2 Å². The lowest BCUT2D eigenvalue weighted by Gasteiger charge is -2.16. The molecule has 5 nitrogen and oxygen atoms in total. The van der Waals surface area contributed by atoms with Crippen LogP contribution in [0.3, 0.4) is 0 Å². The molecular formula is C15H20BrNO4. The Bertz CT molecular complexity index is 516. The summed E-state index contributed by atoms with van der Waals surface area (Å²) in [6.07, 6.45) is 0.523. The summed E-state index contributed by atoms with van der Waals surface area (Å²) in [5.41, 5.74) is 0.419. The molecule has 0 aliphatic rings. The van der Waals surface area contributed by atoms with Gasteiger partial charge in [-0.15, -0.1) is 0 Å². The van der Waals surface area contributed by atoms with E-state index in [1.165, 1.54) is 7.11 Å². The number of carboxylic acids is 1. The first-order valence-corrected chi connectivity index (χ1v) is 7.49. The van der Waals surface area contributed by atoms with Gasteiger partial charge in [-0.05, 0) is 46.5 Å². The number of halogens is 1. The fraction of sp³-hybridized carbons (Fsp3) is 0.467. The van der Waals surface area contributed by atoms with Crippen molar-refractivity contribution < 1.29 is 19.4 Å². The number of amides is 1. The van der Waals surface area contributed by atoms with Gasteiger partial charge in [-0.25, -0.2) is 0 Å². The molecule has 0 aliphatic heterocycles. The van der Waals surface area contributed by atoms with E-state index in [1.807, 2.05) is 13.8 Å². The number of ether oxygens (including phenoxy) is 1. The van der Waals surface area contributed by atoms with E-state index in [4.69, 9.17) is 9.84 Å². The molecule has 1 aromatic rings. The maximum atomic E-state index is 12.2. The molecule has 116 valence electrons. The Morgan fingerprint density at radius 1 is 1.38 bits per heavy atom. The van der Waals surface area contributed by atoms with Gasteiger partial charge in [-0.3, -0.25) is 9.59 Å². The number of carbonyl (C=O) groups is 2. The van der Waals surface area contributed by atoms with E-state index >= 15 is 0 Å². The van der Waals surface area contributed by atoms with Crippen LogP contribution in [0.4, 0.5) is 0 Å². The van der Waals surface area contributed by atoms with Crippen LogP contribution in [0.5, 0.6) is 5.75 Å². The number of nitrogens with one attached hydrogen (secondary N) is 1. The van der Waals surface area contributed by atoms with E-state index in [9.17, 15) is 9.59 Å². The molecule has 2 N–H and O–H groups in total. The van der Waals surface area contributed by atoms with Gasteiger partial charge in [-0.1, -0.05) is 13.8 Å². The summed E-state index contributed by atoms with van der Waals surface area (Å²) in [6.45, 7) is 4.02. The van der Waals surface area contributed by atoms with Crippen LogP contribution >= 0.6 is 15.9 Å². The second-order valence-electron chi connectivity index (χ2n) is 5.22. The van der Waals surface area contributed by atoms with Gasteiger partial charge in [0.05, 0.1) is 18.6 Å². The summed E-state index contributed by atoms with van der Waals surface area (Å²) < 4.78 is 5.72. The second-order valence-corrected chi connectivity index (χ2v) is 6.07. The molecule has 1 atom stereocenters. The van der Waals surface area contributed by atoms with Crippen LogP contribution < -0.4 is 10.1 Å². The molecule has 1 unspecified atom stereocenters. The average molecular weight is 358 g/mol. The minimum Gasteiger partial charge on any atom is -0.497 e. The summed E-state index contributed by atoms with van der Waals surface area (Å²) in [6, 6.07) is 5.06. The third kappa shape index (κ3) is 5.38. The Kier molecular flexibility index (Phi) is 6.68. The molecule has 0 aliphatic carbocycles. The SMILES string of the molecule is COc1ccc(Br)c(C(=O)NCC(CC(C)C)C(=O)O)c1. The molecule has 0 heterocycles. The topological polar surface area (TPSA) is 75.6 Å². The predicted molar refractivity (Wildman–Crippen MR) is 83.6 cm³/mol. The maximum Gasteiger partial charge on any atom is 0.308 e. The first-order valence-electron chi connectivity index (χ1n) is 6.69. The molecule has 21 heavy (non-hydrogen) atoms. The number of hydrogen-bond donors (Lipinski definition) is 2. The largest absolute Gasteiger partial charge is 0.497 e. The van der Waals surface area contributed by atoms with Crippen LogP contribution in [0.25, 0.3) is 0 Å². The molecule has 0 fully saturated rings. The standard InChI is InChI=1S/C15H20BrNO4/c1-9(2)6-10(15(19)20)8-17-14(18)12-7-11(21-3)4-5-13(12)16/h4-5,7,9-10H,6,8H2,1-3H3,(H,17,18)(H,19,20). The molecule has 1 rings (SSSR count). The average Bonchev–Trinajstić information content (AvgIpc) is 2.43. The third-order valence-electron chi connectivity index (χ3n) is 3.03. The molecule has 0 spiro atoms. The summed E-state index contributed by atoms with van der Waals surface area (Å²) in [7, 11) is 1.52. The predicted octanol–water partition coefficient (Wildman–Crippen LogP) is 2.93. The van der Waals surface area contributed by atoms with Crippen LogP contribution in [0, 0.1) is 11.8 Å². The Hall–Kier alpha value is -1.56. The highest BCUT2D eigenvalue weighted by molar-refractivity contribution is 9.10. The van der Waals surface area contributed by atoms with Crippen molar-refractivity contribution in [2.24, 2.45) is 11.8 Å². The highest BCUT2D eigenvalue weighted by Gasteiger charge is 2.20. The number of hydrogen-bond acceptors (Lipinski definition) is 3. The van der Waals surface area contributed by atoms with Crippen LogP contribution in [0.15, 0.2) is 22.7 Å². The minimum absolute atomic E-state index is 0.107. The van der Waals surface area contributed by atoms with Crippen LogP contribution in [-0.2, 0) is 4.79 Å². The second kappa shape index (κ2) is 8.02. The Balaban J connectivity index is 2.74. The van der Waals surface area contributed by atoms with Gasteiger partial charge in [0.15, 0.2) is 0 Å². The molecule has 0 aromatic heterocycles. The van der Waals surface area contributed by atoms with Crippen molar-refractivity contribution in [1.82, 2.24) is 5.32 Å². The van der Waals surface area contributed by atoms with E-state index in [0.29, 0.717) is 22.2 Å². The van der Waals surface area contributed by atoms with Crippen molar-refractivity contribution in [3.8, 4) is 5.75 Å². The van der Waals surface area contributed by atoms with E-state index in [-0.39, 0.29) is 18.4 Å². The van der Waals surface area contributed by atoms with Gasteiger partial charge >= 0.3 is 5.97 Å². The Labute approximate surface area is 132 Å². The number of aliphatic carboxylic acids is 1. The lowest BCUT2D eigenvalue weighted by molar-refractivity contribution is -0.142. The monoisotopic (exact) mass is 357 g/mol. The normalized spacial score (nSPS) is 12.0. The van der Waals surface area contributed by atoms with Crippen molar-refractivity contribution in [3.63, 3.8) is 0 Å². The summed E-state index contributed by atoms with van der Waals surface area (Å²) in [5, 5.41) is 11.8. The fourth-order valence-corrected chi connectivity index (χ4v) is 2.38. The van der Waals surface area contributed by atoms with Crippen molar-refractivity contribution in [1.29, 1.82) is 0 Å². The molecule has 1 amide bonds. The number of carbonyl (C=O) groups excluding carboxylic acids is 1. The molecule has 6 heteroatoms. The van der Waals surface area contributed by atoms with Gasteiger partial charge < -0.3 is 15.2 Å². The van der Waals surface area contributed by atoms with E-state index in [0.717, 1.165) is 0 Å². The number of benzene rings is 1. The minimum atomic E-state index is -0.895. The lowest BCUT2D eigenvalue weighted by atomic mass is 9.97. The van der Waals surface area contributed by atoms with Gasteiger partial charge in [0.25, 0.3) is 5.91 Å². The van der Waals surface area contributed by atoms with Crippen LogP contribution in [-0.4, -0.2) is 30.6 Å².